The lowest BCUT2D eigenvalue weighted by Gasteiger charge is -2.11. The van der Waals surface area contributed by atoms with Crippen molar-refractivity contribution >= 4 is 49.1 Å². The fourth-order valence-corrected chi connectivity index (χ4v) is 4.39. The Labute approximate surface area is 170 Å². The van der Waals surface area contributed by atoms with Crippen LogP contribution >= 0.6 is 0 Å². The van der Waals surface area contributed by atoms with Crippen molar-refractivity contribution in [1.29, 1.82) is 0 Å². The molecule has 0 radical (unpaired) electrons. The zero-order valence-corrected chi connectivity index (χ0v) is 17.1. The first-order valence-corrected chi connectivity index (χ1v) is 10.5. The molecule has 6 rings (SSSR count). The van der Waals surface area contributed by atoms with Crippen molar-refractivity contribution in [2.75, 3.05) is 0 Å². The lowest BCUT2D eigenvalue weighted by molar-refractivity contribution is 1.14. The third kappa shape index (κ3) is 2.52. The molecule has 6 aromatic rings. The molecular formula is C27H24N2. The molecule has 0 spiro atoms. The maximum Gasteiger partial charge on any atom is 0.147 e. The smallest absolute Gasteiger partial charge is 0.147 e. The highest BCUT2D eigenvalue weighted by molar-refractivity contribution is 6.23. The summed E-state index contributed by atoms with van der Waals surface area (Å²) in [7, 11) is 0. The van der Waals surface area contributed by atoms with E-state index in [9.17, 15) is 0 Å². The molecule has 0 aliphatic heterocycles. The Bertz CT molecular complexity index is 1510. The number of pyridine rings is 1. The molecule has 2 heteroatoms. The average Bonchev–Trinajstić information content (AvgIpc) is 3.18. The number of hydrogen-bond donors (Lipinski definition) is 0. The van der Waals surface area contributed by atoms with Crippen LogP contribution in [0.5, 0.6) is 0 Å². The molecule has 0 saturated carbocycles. The summed E-state index contributed by atoms with van der Waals surface area (Å²) in [6.07, 6.45) is 1.03. The standard InChI is InChI=1S/C25H18N2.C2H6/c1-2-16-11-14-21-23(15-16)27-22-10-6-5-9-19(22)20-13-12-17-7-3-4-8-18(17)24(20)25(27)26-21;1-2/h3-15H,2H2,1H3;1-2H3. The number of fused-ring (bicyclic) bond motifs is 10. The zero-order valence-electron chi connectivity index (χ0n) is 17.1. The van der Waals surface area contributed by atoms with Crippen molar-refractivity contribution < 1.29 is 0 Å². The van der Waals surface area contributed by atoms with Crippen LogP contribution in [0, 0.1) is 0 Å². The minimum Gasteiger partial charge on any atom is -0.292 e. The van der Waals surface area contributed by atoms with E-state index in [-0.39, 0.29) is 0 Å². The molecule has 29 heavy (non-hydrogen) atoms. The van der Waals surface area contributed by atoms with Gasteiger partial charge in [-0.1, -0.05) is 81.4 Å². The Morgan fingerprint density at radius 2 is 1.48 bits per heavy atom. The predicted octanol–water partition coefficient (Wildman–Crippen LogP) is 7.54. The molecule has 0 bridgehead atoms. The van der Waals surface area contributed by atoms with E-state index in [1.165, 1.54) is 43.5 Å². The molecule has 0 fully saturated rings. The summed E-state index contributed by atoms with van der Waals surface area (Å²) < 4.78 is 2.35. The molecule has 0 saturated heterocycles. The summed E-state index contributed by atoms with van der Waals surface area (Å²) in [5, 5.41) is 6.29. The van der Waals surface area contributed by atoms with Gasteiger partial charge in [0.1, 0.15) is 5.65 Å². The van der Waals surface area contributed by atoms with Crippen LogP contribution in [0.25, 0.3) is 49.1 Å². The van der Waals surface area contributed by atoms with E-state index in [1.54, 1.807) is 0 Å². The van der Waals surface area contributed by atoms with E-state index < -0.39 is 0 Å². The van der Waals surface area contributed by atoms with Gasteiger partial charge in [0.2, 0.25) is 0 Å². The number of imidazole rings is 1. The van der Waals surface area contributed by atoms with E-state index in [4.69, 9.17) is 4.98 Å². The van der Waals surface area contributed by atoms with Crippen LogP contribution < -0.4 is 0 Å². The van der Waals surface area contributed by atoms with Gasteiger partial charge >= 0.3 is 0 Å². The second-order valence-corrected chi connectivity index (χ2v) is 7.17. The van der Waals surface area contributed by atoms with Crippen molar-refractivity contribution in [3.8, 4) is 0 Å². The normalized spacial score (nSPS) is 11.4. The van der Waals surface area contributed by atoms with E-state index in [2.05, 4.69) is 90.2 Å². The quantitative estimate of drug-likeness (QED) is 0.271. The van der Waals surface area contributed by atoms with Crippen molar-refractivity contribution in [2.45, 2.75) is 27.2 Å². The number of nitrogens with zero attached hydrogens (tertiary/aromatic N) is 2. The van der Waals surface area contributed by atoms with Crippen LogP contribution in [-0.4, -0.2) is 9.38 Å². The molecule has 142 valence electrons. The highest BCUT2D eigenvalue weighted by Gasteiger charge is 2.15. The van der Waals surface area contributed by atoms with Gasteiger partial charge in [0.15, 0.2) is 0 Å². The minimum absolute atomic E-state index is 1.03. The van der Waals surface area contributed by atoms with Gasteiger partial charge in [-0.15, -0.1) is 0 Å². The maximum atomic E-state index is 5.08. The number of aromatic nitrogens is 2. The summed E-state index contributed by atoms with van der Waals surface area (Å²) in [5.74, 6) is 0. The number of para-hydroxylation sites is 1. The molecule has 0 aliphatic rings. The SMILES string of the molecule is CC.CCc1ccc2nc3c4c5ccccc5ccc4c4ccccc4n3c2c1. The van der Waals surface area contributed by atoms with Crippen LogP contribution in [0.4, 0.5) is 0 Å². The molecule has 2 nitrogen and oxygen atoms in total. The van der Waals surface area contributed by atoms with Gasteiger partial charge < -0.3 is 0 Å². The van der Waals surface area contributed by atoms with Crippen LogP contribution in [0.2, 0.25) is 0 Å². The lowest BCUT2D eigenvalue weighted by atomic mass is 9.99. The van der Waals surface area contributed by atoms with Gasteiger partial charge in [-0.3, -0.25) is 4.40 Å². The van der Waals surface area contributed by atoms with Gasteiger partial charge in [-0.25, -0.2) is 4.98 Å². The molecule has 0 N–H and O–H groups in total. The van der Waals surface area contributed by atoms with Crippen LogP contribution in [0.3, 0.4) is 0 Å². The molecule has 2 aromatic heterocycles. The Morgan fingerprint density at radius 1 is 0.724 bits per heavy atom. The molecule has 0 amide bonds. The van der Waals surface area contributed by atoms with Crippen LogP contribution in [-0.2, 0) is 6.42 Å². The van der Waals surface area contributed by atoms with Crippen molar-refractivity contribution in [3.05, 3.63) is 84.4 Å². The second kappa shape index (κ2) is 6.89. The topological polar surface area (TPSA) is 17.3 Å². The summed E-state index contributed by atoms with van der Waals surface area (Å²) in [6.45, 7) is 6.20. The van der Waals surface area contributed by atoms with Crippen molar-refractivity contribution in [1.82, 2.24) is 9.38 Å². The van der Waals surface area contributed by atoms with Crippen molar-refractivity contribution in [2.24, 2.45) is 0 Å². The third-order valence-corrected chi connectivity index (χ3v) is 5.71. The van der Waals surface area contributed by atoms with E-state index in [0.29, 0.717) is 0 Å². The number of hydrogen-bond acceptors (Lipinski definition) is 1. The average molecular weight is 377 g/mol. The number of rotatable bonds is 1. The summed E-state index contributed by atoms with van der Waals surface area (Å²) in [4.78, 5) is 5.08. The Morgan fingerprint density at radius 3 is 2.31 bits per heavy atom. The Balaban J connectivity index is 0.000000882. The van der Waals surface area contributed by atoms with Gasteiger partial charge in [-0.05, 0) is 46.3 Å². The Kier molecular flexibility index (Phi) is 4.21. The van der Waals surface area contributed by atoms with Crippen LogP contribution in [0.1, 0.15) is 26.3 Å². The predicted molar refractivity (Wildman–Crippen MR) is 126 cm³/mol. The third-order valence-electron chi connectivity index (χ3n) is 5.71. The van der Waals surface area contributed by atoms with E-state index in [1.807, 2.05) is 13.8 Å². The molecule has 2 heterocycles. The highest BCUT2D eigenvalue weighted by atomic mass is 15.0. The monoisotopic (exact) mass is 376 g/mol. The number of benzene rings is 4. The van der Waals surface area contributed by atoms with Gasteiger partial charge in [0.05, 0.1) is 16.6 Å². The van der Waals surface area contributed by atoms with Crippen molar-refractivity contribution in [3.63, 3.8) is 0 Å². The fourth-order valence-electron chi connectivity index (χ4n) is 4.39. The minimum atomic E-state index is 1.03. The molecular weight excluding hydrogens is 352 g/mol. The first kappa shape index (κ1) is 17.7. The second-order valence-electron chi connectivity index (χ2n) is 7.17. The molecule has 0 unspecified atom stereocenters. The molecule has 0 aliphatic carbocycles. The lowest BCUT2D eigenvalue weighted by Crippen LogP contribution is -1.92. The fraction of sp³-hybridized carbons (Fsp3) is 0.148. The van der Waals surface area contributed by atoms with Gasteiger partial charge in [-0.2, -0.15) is 0 Å². The molecule has 0 atom stereocenters. The first-order chi connectivity index (χ1) is 14.3. The summed E-state index contributed by atoms with van der Waals surface area (Å²) in [5.41, 5.74) is 5.84. The largest absolute Gasteiger partial charge is 0.292 e. The Hall–Kier alpha value is -3.39. The summed E-state index contributed by atoms with van der Waals surface area (Å²) in [6, 6.07) is 28.4. The van der Waals surface area contributed by atoms with E-state index >= 15 is 0 Å². The van der Waals surface area contributed by atoms with E-state index in [0.717, 1.165) is 17.6 Å². The first-order valence-electron chi connectivity index (χ1n) is 10.5. The highest BCUT2D eigenvalue weighted by Crippen LogP contribution is 2.36. The zero-order chi connectivity index (χ0) is 20.0. The number of aryl methyl sites for hydroxylation is 1. The molecule has 4 aromatic carbocycles. The van der Waals surface area contributed by atoms with Gasteiger partial charge in [0.25, 0.3) is 0 Å². The van der Waals surface area contributed by atoms with Crippen LogP contribution in [0.15, 0.2) is 78.9 Å². The van der Waals surface area contributed by atoms with Gasteiger partial charge in [0, 0.05) is 10.8 Å². The maximum absolute atomic E-state index is 5.08. The summed E-state index contributed by atoms with van der Waals surface area (Å²) >= 11 is 0.